The number of hydrogen-bond acceptors (Lipinski definition) is 2. The number of piperidine rings is 1. The fraction of sp³-hybridized carbons (Fsp3) is 0.500. The lowest BCUT2D eigenvalue weighted by molar-refractivity contribution is 0.281. The number of allylic oxidation sites excluding steroid dienone is 4. The monoisotopic (exact) mass is 216 g/mol. The molecular weight excluding hydrogens is 196 g/mol. The van der Waals surface area contributed by atoms with E-state index in [1.165, 1.54) is 0 Å². The van der Waals surface area contributed by atoms with Gasteiger partial charge in [0.1, 0.15) is 0 Å². The Kier molecular flexibility index (Phi) is 4.52. The molecule has 1 aliphatic rings. The summed E-state index contributed by atoms with van der Waals surface area (Å²) in [5.41, 5.74) is 2.07. The summed E-state index contributed by atoms with van der Waals surface area (Å²) in [6.45, 7) is 11.5. The van der Waals surface area contributed by atoms with Crippen LogP contribution in [0.3, 0.4) is 0 Å². The van der Waals surface area contributed by atoms with E-state index in [0.717, 1.165) is 43.5 Å². The minimum atomic E-state index is -0.209. The Balaban J connectivity index is 2.87. The maximum Gasteiger partial charge on any atom is 0.0694 e. The average Bonchev–Trinajstić information content (AvgIpc) is 2.36. The molecule has 1 aliphatic heterocycles. The Morgan fingerprint density at radius 1 is 1.38 bits per heavy atom. The van der Waals surface area contributed by atoms with Crippen molar-refractivity contribution in [1.82, 2.24) is 5.32 Å². The van der Waals surface area contributed by atoms with Crippen molar-refractivity contribution >= 4 is 0 Å². The van der Waals surface area contributed by atoms with Crippen molar-refractivity contribution in [2.24, 2.45) is 5.41 Å². The summed E-state index contributed by atoms with van der Waals surface area (Å²) < 4.78 is 0. The summed E-state index contributed by atoms with van der Waals surface area (Å²) in [5.74, 6) is 0. The largest absolute Gasteiger partial charge is 0.317 e. The molecule has 0 saturated carbocycles. The highest BCUT2D eigenvalue weighted by atomic mass is 14.9. The van der Waals surface area contributed by atoms with E-state index in [-0.39, 0.29) is 5.41 Å². The second-order valence-corrected chi connectivity index (χ2v) is 4.44. The third-order valence-electron chi connectivity index (χ3n) is 3.39. The van der Waals surface area contributed by atoms with Gasteiger partial charge in [0.25, 0.3) is 0 Å². The van der Waals surface area contributed by atoms with E-state index in [0.29, 0.717) is 0 Å². The van der Waals surface area contributed by atoms with Crippen molar-refractivity contribution < 1.29 is 0 Å². The van der Waals surface area contributed by atoms with Crippen LogP contribution < -0.4 is 5.32 Å². The van der Waals surface area contributed by atoms with E-state index in [1.54, 1.807) is 0 Å². The lowest BCUT2D eigenvalue weighted by Crippen LogP contribution is -2.36. The molecule has 0 bridgehead atoms. The zero-order chi connectivity index (χ0) is 12.0. The fourth-order valence-corrected chi connectivity index (χ4v) is 2.10. The molecule has 0 amide bonds. The van der Waals surface area contributed by atoms with Crippen LogP contribution in [0.1, 0.15) is 26.2 Å². The van der Waals surface area contributed by atoms with Crippen LogP contribution in [-0.2, 0) is 0 Å². The lowest BCUT2D eigenvalue weighted by atomic mass is 9.74. The number of nitrogens with zero attached hydrogens (tertiary/aromatic N) is 1. The highest BCUT2D eigenvalue weighted by Gasteiger charge is 2.32. The molecule has 0 radical (unpaired) electrons. The maximum absolute atomic E-state index is 9.38. The molecule has 0 atom stereocenters. The van der Waals surface area contributed by atoms with E-state index >= 15 is 0 Å². The molecule has 0 aromatic carbocycles. The first-order chi connectivity index (χ1) is 7.67. The minimum absolute atomic E-state index is 0.209. The Morgan fingerprint density at radius 2 is 2.00 bits per heavy atom. The number of nitriles is 1. The number of hydrogen-bond donors (Lipinski definition) is 1. The first-order valence-corrected chi connectivity index (χ1v) is 5.74. The summed E-state index contributed by atoms with van der Waals surface area (Å²) in [6.07, 6.45) is 6.34. The quantitative estimate of drug-likeness (QED) is 0.733. The highest BCUT2D eigenvalue weighted by molar-refractivity contribution is 5.32. The van der Waals surface area contributed by atoms with Gasteiger partial charge in [-0.25, -0.2) is 0 Å². The van der Waals surface area contributed by atoms with Gasteiger partial charge in [-0.1, -0.05) is 25.3 Å². The van der Waals surface area contributed by atoms with Crippen molar-refractivity contribution in [1.29, 1.82) is 5.26 Å². The van der Waals surface area contributed by atoms with Crippen molar-refractivity contribution in [3.8, 4) is 6.07 Å². The van der Waals surface area contributed by atoms with E-state index in [4.69, 9.17) is 0 Å². The molecule has 86 valence electrons. The summed E-state index contributed by atoms with van der Waals surface area (Å²) in [6, 6.07) is 2.50. The van der Waals surface area contributed by atoms with Gasteiger partial charge < -0.3 is 5.32 Å². The molecule has 2 heteroatoms. The molecule has 1 fully saturated rings. The van der Waals surface area contributed by atoms with Crippen molar-refractivity contribution in [2.45, 2.75) is 26.2 Å². The van der Waals surface area contributed by atoms with Crippen LogP contribution in [0.5, 0.6) is 0 Å². The topological polar surface area (TPSA) is 35.8 Å². The van der Waals surface area contributed by atoms with Crippen LogP contribution in [0, 0.1) is 16.7 Å². The molecule has 16 heavy (non-hydrogen) atoms. The lowest BCUT2D eigenvalue weighted by Gasteiger charge is -2.31. The molecule has 2 nitrogen and oxygen atoms in total. The minimum Gasteiger partial charge on any atom is -0.317 e. The third kappa shape index (κ3) is 2.84. The summed E-state index contributed by atoms with van der Waals surface area (Å²) in [7, 11) is 0. The van der Waals surface area contributed by atoms with Crippen LogP contribution in [0.15, 0.2) is 36.5 Å². The Morgan fingerprint density at radius 3 is 2.44 bits per heavy atom. The predicted molar refractivity (Wildman–Crippen MR) is 67.9 cm³/mol. The van der Waals surface area contributed by atoms with Gasteiger partial charge in [0.05, 0.1) is 11.5 Å². The summed E-state index contributed by atoms with van der Waals surface area (Å²) in [4.78, 5) is 0. The Bertz CT molecular complexity index is 338. The van der Waals surface area contributed by atoms with Gasteiger partial charge in [-0.05, 0) is 50.4 Å². The van der Waals surface area contributed by atoms with E-state index in [9.17, 15) is 5.26 Å². The van der Waals surface area contributed by atoms with Gasteiger partial charge in [-0.3, -0.25) is 0 Å². The van der Waals surface area contributed by atoms with Gasteiger partial charge in [0, 0.05) is 0 Å². The molecule has 1 N–H and O–H groups in total. The summed E-state index contributed by atoms with van der Waals surface area (Å²) >= 11 is 0. The van der Waals surface area contributed by atoms with Crippen LogP contribution in [-0.4, -0.2) is 13.1 Å². The van der Waals surface area contributed by atoms with E-state index in [2.05, 4.69) is 24.5 Å². The van der Waals surface area contributed by atoms with Crippen LogP contribution >= 0.6 is 0 Å². The molecule has 0 aliphatic carbocycles. The van der Waals surface area contributed by atoms with Crippen molar-refractivity contribution in [2.75, 3.05) is 13.1 Å². The molecular formula is C14H20N2. The average molecular weight is 216 g/mol. The zero-order valence-corrected chi connectivity index (χ0v) is 10.1. The Hall–Kier alpha value is -1.33. The van der Waals surface area contributed by atoms with E-state index < -0.39 is 0 Å². The maximum atomic E-state index is 9.38. The second-order valence-electron chi connectivity index (χ2n) is 4.44. The zero-order valence-electron chi connectivity index (χ0n) is 10.1. The van der Waals surface area contributed by atoms with E-state index in [1.807, 2.05) is 19.1 Å². The molecule has 0 aromatic rings. The SMILES string of the molecule is C=C/C(C)=C(\C=C)CC1(C#N)CCNCC1. The van der Waals surface area contributed by atoms with Crippen LogP contribution in [0.25, 0.3) is 0 Å². The second kappa shape index (κ2) is 5.67. The molecule has 0 aromatic heterocycles. The first kappa shape index (κ1) is 12.7. The molecule has 1 heterocycles. The third-order valence-corrected chi connectivity index (χ3v) is 3.39. The highest BCUT2D eigenvalue weighted by Crippen LogP contribution is 2.36. The summed E-state index contributed by atoms with van der Waals surface area (Å²) in [5, 5.41) is 12.7. The smallest absolute Gasteiger partial charge is 0.0694 e. The van der Waals surface area contributed by atoms with Gasteiger partial charge in [-0.15, -0.1) is 0 Å². The van der Waals surface area contributed by atoms with Gasteiger partial charge >= 0.3 is 0 Å². The van der Waals surface area contributed by atoms with Gasteiger partial charge in [-0.2, -0.15) is 5.26 Å². The van der Waals surface area contributed by atoms with Crippen LogP contribution in [0.4, 0.5) is 0 Å². The molecule has 0 spiro atoms. The van der Waals surface area contributed by atoms with Crippen molar-refractivity contribution in [3.05, 3.63) is 36.5 Å². The van der Waals surface area contributed by atoms with Gasteiger partial charge in [0.2, 0.25) is 0 Å². The van der Waals surface area contributed by atoms with Crippen molar-refractivity contribution in [3.63, 3.8) is 0 Å². The first-order valence-electron chi connectivity index (χ1n) is 5.74. The standard InChI is InChI=1S/C14H20N2/c1-4-12(3)13(5-2)10-14(11-15)6-8-16-9-7-14/h4-5,16H,1-2,6-10H2,3H3/b13-12+. The predicted octanol–water partition coefficient (Wildman–Crippen LogP) is 2.96. The number of nitrogens with one attached hydrogen (secondary N) is 1. The molecule has 0 unspecified atom stereocenters. The molecule has 1 saturated heterocycles. The Labute approximate surface area is 98.4 Å². The normalized spacial score (nSPS) is 20.5. The fourth-order valence-electron chi connectivity index (χ4n) is 2.10. The van der Waals surface area contributed by atoms with Gasteiger partial charge in [0.15, 0.2) is 0 Å². The number of rotatable bonds is 4. The molecule has 1 rings (SSSR count). The van der Waals surface area contributed by atoms with Crippen LogP contribution in [0.2, 0.25) is 0 Å².